The van der Waals surface area contributed by atoms with E-state index in [-0.39, 0.29) is 17.2 Å². The second-order valence-electron chi connectivity index (χ2n) is 3.92. The molecule has 1 heterocycles. The fourth-order valence-corrected chi connectivity index (χ4v) is 2.40. The van der Waals surface area contributed by atoms with E-state index >= 15 is 0 Å². The molecule has 18 heavy (non-hydrogen) atoms. The number of ketones is 1. The molecule has 0 spiro atoms. The normalized spacial score (nSPS) is 10.3. The topological polar surface area (TPSA) is 60.2 Å². The third-order valence-corrected chi connectivity index (χ3v) is 3.74. The van der Waals surface area contributed by atoms with Gasteiger partial charge in [-0.2, -0.15) is 0 Å². The summed E-state index contributed by atoms with van der Waals surface area (Å²) < 4.78 is 0. The molecular weight excluding hydrogens is 250 g/mol. The maximum atomic E-state index is 12.0. The van der Waals surface area contributed by atoms with Crippen LogP contribution >= 0.6 is 11.3 Å². The zero-order valence-corrected chi connectivity index (χ0v) is 10.6. The fourth-order valence-electron chi connectivity index (χ4n) is 1.64. The van der Waals surface area contributed by atoms with Gasteiger partial charge in [-0.3, -0.25) is 14.9 Å². The Morgan fingerprint density at radius 2 is 2.00 bits per heavy atom. The predicted octanol–water partition coefficient (Wildman–Crippen LogP) is 3.39. The highest BCUT2D eigenvalue weighted by atomic mass is 32.1. The smallest absolute Gasteiger partial charge is 0.293 e. The first-order chi connectivity index (χ1) is 8.58. The molecule has 0 N–H and O–H groups in total. The van der Waals surface area contributed by atoms with Gasteiger partial charge in [-0.05, 0) is 24.1 Å². The summed E-state index contributed by atoms with van der Waals surface area (Å²) in [6, 6.07) is 10.5. The van der Waals surface area contributed by atoms with Gasteiger partial charge in [0.1, 0.15) is 0 Å². The minimum atomic E-state index is -0.477. The molecule has 0 radical (unpaired) electrons. The van der Waals surface area contributed by atoms with Crippen molar-refractivity contribution in [2.45, 2.75) is 13.3 Å². The number of aryl methyl sites for hydroxylation is 1. The van der Waals surface area contributed by atoms with Crippen LogP contribution < -0.4 is 0 Å². The number of rotatable bonds is 4. The zero-order chi connectivity index (χ0) is 13.1. The molecule has 0 fully saturated rings. The first kappa shape index (κ1) is 12.4. The molecule has 5 heteroatoms. The van der Waals surface area contributed by atoms with Gasteiger partial charge in [0.2, 0.25) is 0 Å². The number of hydrogen-bond acceptors (Lipinski definition) is 4. The van der Waals surface area contributed by atoms with Crippen molar-refractivity contribution < 1.29 is 9.72 Å². The standard InChI is InChI=1S/C13H11NO3S/c1-9-4-2-3-5-10(9)8-11(15)12-6-7-13(18-12)14(16)17/h2-7H,8H2,1H3. The summed E-state index contributed by atoms with van der Waals surface area (Å²) in [5, 5.41) is 10.6. The molecule has 0 unspecified atom stereocenters. The Morgan fingerprint density at radius 1 is 1.28 bits per heavy atom. The van der Waals surface area contributed by atoms with Gasteiger partial charge in [-0.1, -0.05) is 35.6 Å². The summed E-state index contributed by atoms with van der Waals surface area (Å²) in [7, 11) is 0. The maximum absolute atomic E-state index is 12.0. The maximum Gasteiger partial charge on any atom is 0.324 e. The van der Waals surface area contributed by atoms with E-state index < -0.39 is 4.92 Å². The van der Waals surface area contributed by atoms with Gasteiger partial charge in [0.15, 0.2) is 5.78 Å². The van der Waals surface area contributed by atoms with E-state index in [1.807, 2.05) is 31.2 Å². The molecule has 0 aliphatic rings. The Kier molecular flexibility index (Phi) is 3.53. The molecule has 0 saturated heterocycles. The lowest BCUT2D eigenvalue weighted by atomic mass is 10.0. The first-order valence-corrected chi connectivity index (χ1v) is 6.21. The Balaban J connectivity index is 2.17. The van der Waals surface area contributed by atoms with Crippen molar-refractivity contribution in [3.63, 3.8) is 0 Å². The van der Waals surface area contributed by atoms with Crippen molar-refractivity contribution in [1.29, 1.82) is 0 Å². The van der Waals surface area contributed by atoms with Gasteiger partial charge in [-0.15, -0.1) is 0 Å². The number of Topliss-reactive ketones (excluding diaryl/α,β-unsaturated/α-hetero) is 1. The number of nitro groups is 1. The van der Waals surface area contributed by atoms with Crippen LogP contribution in [0.2, 0.25) is 0 Å². The third kappa shape index (κ3) is 2.62. The van der Waals surface area contributed by atoms with Crippen molar-refractivity contribution >= 4 is 22.1 Å². The van der Waals surface area contributed by atoms with Crippen LogP contribution in [-0.2, 0) is 6.42 Å². The van der Waals surface area contributed by atoms with Crippen LogP contribution in [0.3, 0.4) is 0 Å². The van der Waals surface area contributed by atoms with Crippen LogP contribution in [0.1, 0.15) is 20.8 Å². The summed E-state index contributed by atoms with van der Waals surface area (Å²) >= 11 is 0.926. The Labute approximate surface area is 108 Å². The largest absolute Gasteiger partial charge is 0.324 e. The minimum absolute atomic E-state index is 0.00290. The molecule has 0 saturated carbocycles. The molecular formula is C13H11NO3S. The fraction of sp³-hybridized carbons (Fsp3) is 0.154. The van der Waals surface area contributed by atoms with E-state index in [9.17, 15) is 14.9 Å². The molecule has 1 aromatic carbocycles. The molecule has 0 bridgehead atoms. The molecule has 0 aliphatic heterocycles. The van der Waals surface area contributed by atoms with E-state index in [0.29, 0.717) is 4.88 Å². The number of carbonyl (C=O) groups is 1. The number of carbonyl (C=O) groups excluding carboxylic acids is 1. The van der Waals surface area contributed by atoms with E-state index in [4.69, 9.17) is 0 Å². The van der Waals surface area contributed by atoms with Gasteiger partial charge in [0.05, 0.1) is 9.80 Å². The van der Waals surface area contributed by atoms with Crippen LogP contribution in [0.4, 0.5) is 5.00 Å². The van der Waals surface area contributed by atoms with Gasteiger partial charge in [0.25, 0.3) is 0 Å². The summed E-state index contributed by atoms with van der Waals surface area (Å²) in [4.78, 5) is 22.5. The Bertz CT molecular complexity index is 604. The summed E-state index contributed by atoms with van der Waals surface area (Å²) in [5.74, 6) is -0.0811. The van der Waals surface area contributed by atoms with Gasteiger partial charge < -0.3 is 0 Å². The predicted molar refractivity (Wildman–Crippen MR) is 70.2 cm³/mol. The van der Waals surface area contributed by atoms with E-state index in [2.05, 4.69) is 0 Å². The SMILES string of the molecule is Cc1ccccc1CC(=O)c1ccc([N+](=O)[O-])s1. The van der Waals surface area contributed by atoms with Crippen molar-refractivity contribution in [2.75, 3.05) is 0 Å². The molecule has 0 amide bonds. The van der Waals surface area contributed by atoms with Crippen LogP contribution in [0.25, 0.3) is 0 Å². The highest BCUT2D eigenvalue weighted by Gasteiger charge is 2.15. The van der Waals surface area contributed by atoms with Crippen LogP contribution in [0, 0.1) is 17.0 Å². The molecule has 2 aromatic rings. The quantitative estimate of drug-likeness (QED) is 0.481. The molecule has 0 atom stereocenters. The lowest BCUT2D eigenvalue weighted by molar-refractivity contribution is -0.380. The van der Waals surface area contributed by atoms with Crippen molar-refractivity contribution in [2.24, 2.45) is 0 Å². The van der Waals surface area contributed by atoms with E-state index in [1.54, 1.807) is 0 Å². The van der Waals surface area contributed by atoms with Crippen molar-refractivity contribution in [3.8, 4) is 0 Å². The van der Waals surface area contributed by atoms with Crippen LogP contribution in [-0.4, -0.2) is 10.7 Å². The summed E-state index contributed by atoms with van der Waals surface area (Å²) in [5.41, 5.74) is 2.01. The van der Waals surface area contributed by atoms with Crippen molar-refractivity contribution in [1.82, 2.24) is 0 Å². The Morgan fingerprint density at radius 3 is 2.61 bits per heavy atom. The van der Waals surface area contributed by atoms with Gasteiger partial charge in [0, 0.05) is 12.5 Å². The molecule has 2 rings (SSSR count). The number of thiophene rings is 1. The lowest BCUT2D eigenvalue weighted by Gasteiger charge is -2.02. The Hall–Kier alpha value is -2.01. The van der Waals surface area contributed by atoms with Crippen LogP contribution in [0.5, 0.6) is 0 Å². The highest BCUT2D eigenvalue weighted by molar-refractivity contribution is 7.17. The average Bonchev–Trinajstić information content (AvgIpc) is 2.81. The molecule has 0 aliphatic carbocycles. The first-order valence-electron chi connectivity index (χ1n) is 5.40. The molecule has 4 nitrogen and oxygen atoms in total. The second kappa shape index (κ2) is 5.10. The lowest BCUT2D eigenvalue weighted by Crippen LogP contribution is -2.02. The number of hydrogen-bond donors (Lipinski definition) is 0. The molecule has 92 valence electrons. The third-order valence-electron chi connectivity index (χ3n) is 2.66. The van der Waals surface area contributed by atoms with E-state index in [1.165, 1.54) is 12.1 Å². The van der Waals surface area contributed by atoms with E-state index in [0.717, 1.165) is 22.5 Å². The number of nitrogens with zero attached hydrogens (tertiary/aromatic N) is 1. The second-order valence-corrected chi connectivity index (χ2v) is 4.98. The van der Waals surface area contributed by atoms with Crippen molar-refractivity contribution in [3.05, 3.63) is 62.5 Å². The number of benzene rings is 1. The van der Waals surface area contributed by atoms with Gasteiger partial charge in [-0.25, -0.2) is 0 Å². The minimum Gasteiger partial charge on any atom is -0.293 e. The van der Waals surface area contributed by atoms with Gasteiger partial charge >= 0.3 is 5.00 Å². The molecule has 1 aromatic heterocycles. The highest BCUT2D eigenvalue weighted by Crippen LogP contribution is 2.25. The summed E-state index contributed by atoms with van der Waals surface area (Å²) in [6.07, 6.45) is 0.282. The summed E-state index contributed by atoms with van der Waals surface area (Å²) in [6.45, 7) is 1.94. The average molecular weight is 261 g/mol. The monoisotopic (exact) mass is 261 g/mol. The zero-order valence-electron chi connectivity index (χ0n) is 9.75. The van der Waals surface area contributed by atoms with Crippen LogP contribution in [0.15, 0.2) is 36.4 Å².